The zero-order chi connectivity index (χ0) is 15.2. The van der Waals surface area contributed by atoms with Gasteiger partial charge in [-0.3, -0.25) is 0 Å². The molecule has 0 saturated heterocycles. The molecule has 21 heavy (non-hydrogen) atoms. The van der Waals surface area contributed by atoms with Crippen LogP contribution in [0.25, 0.3) is 0 Å². The summed E-state index contributed by atoms with van der Waals surface area (Å²) >= 11 is 11.9. The Bertz CT molecular complexity index is 697. The summed E-state index contributed by atoms with van der Waals surface area (Å²) < 4.78 is 14.0. The monoisotopic (exact) mass is 323 g/mol. The van der Waals surface area contributed by atoms with E-state index < -0.39 is 0 Å². The van der Waals surface area contributed by atoms with Gasteiger partial charge in [-0.05, 0) is 53.3 Å². The highest BCUT2D eigenvalue weighted by atomic mass is 35.5. The lowest BCUT2D eigenvalue weighted by atomic mass is 9.85. The van der Waals surface area contributed by atoms with E-state index in [-0.39, 0.29) is 17.3 Å². The molecule has 3 rings (SSSR count). The minimum atomic E-state index is -0.339. The van der Waals surface area contributed by atoms with Gasteiger partial charge < -0.3 is 5.32 Å². The van der Waals surface area contributed by atoms with E-state index in [9.17, 15) is 4.39 Å². The number of hydrogen-bond acceptors (Lipinski definition) is 1. The van der Waals surface area contributed by atoms with Crippen LogP contribution in [0.5, 0.6) is 0 Å². The Kier molecular flexibility index (Phi) is 3.62. The Morgan fingerprint density at radius 1 is 1.10 bits per heavy atom. The van der Waals surface area contributed by atoms with Crippen molar-refractivity contribution < 1.29 is 4.39 Å². The van der Waals surface area contributed by atoms with E-state index in [4.69, 9.17) is 23.2 Å². The lowest BCUT2D eigenvalue weighted by Gasteiger charge is -2.29. The molecule has 4 heteroatoms. The highest BCUT2D eigenvalue weighted by molar-refractivity contribution is 6.31. The molecule has 0 aromatic heterocycles. The second-order valence-electron chi connectivity index (χ2n) is 6.21. The minimum absolute atomic E-state index is 0.0148. The highest BCUT2D eigenvalue weighted by Crippen LogP contribution is 2.47. The molecule has 2 aromatic rings. The van der Waals surface area contributed by atoms with Gasteiger partial charge in [-0.2, -0.15) is 0 Å². The molecule has 1 N–H and O–H groups in total. The van der Waals surface area contributed by atoms with Crippen LogP contribution in [-0.2, 0) is 6.42 Å². The first-order chi connectivity index (χ1) is 9.87. The summed E-state index contributed by atoms with van der Waals surface area (Å²) in [5.74, 6) is -0.339. The average molecular weight is 324 g/mol. The predicted molar refractivity (Wildman–Crippen MR) is 86.7 cm³/mol. The third-order valence-corrected chi connectivity index (χ3v) is 4.55. The molecule has 0 spiro atoms. The number of hydrogen-bond donors (Lipinski definition) is 1. The second-order valence-corrected chi connectivity index (χ2v) is 7.08. The molecular formula is C17H16Cl2FN. The van der Waals surface area contributed by atoms with Gasteiger partial charge in [0.25, 0.3) is 0 Å². The zero-order valence-electron chi connectivity index (χ0n) is 11.9. The van der Waals surface area contributed by atoms with Gasteiger partial charge >= 0.3 is 0 Å². The molecule has 2 aromatic carbocycles. The van der Waals surface area contributed by atoms with Crippen LogP contribution in [0.15, 0.2) is 36.4 Å². The van der Waals surface area contributed by atoms with Crippen molar-refractivity contribution in [2.75, 3.05) is 5.32 Å². The maximum Gasteiger partial charge on any atom is 0.147 e. The van der Waals surface area contributed by atoms with Crippen LogP contribution in [0, 0.1) is 11.2 Å². The molecule has 1 nitrogen and oxygen atoms in total. The van der Waals surface area contributed by atoms with Gasteiger partial charge in [0, 0.05) is 10.0 Å². The summed E-state index contributed by atoms with van der Waals surface area (Å²) in [7, 11) is 0. The van der Waals surface area contributed by atoms with Gasteiger partial charge in [-0.25, -0.2) is 4.39 Å². The Morgan fingerprint density at radius 3 is 2.48 bits per heavy atom. The first-order valence-electron chi connectivity index (χ1n) is 6.87. The second kappa shape index (κ2) is 5.19. The van der Waals surface area contributed by atoms with Gasteiger partial charge in [0.15, 0.2) is 0 Å². The summed E-state index contributed by atoms with van der Waals surface area (Å²) in [5, 5.41) is 4.42. The number of rotatable bonds is 2. The summed E-state index contributed by atoms with van der Waals surface area (Å²) in [5.41, 5.74) is 2.85. The molecule has 110 valence electrons. The summed E-state index contributed by atoms with van der Waals surface area (Å²) in [4.78, 5) is 0. The molecule has 0 radical (unpaired) electrons. The van der Waals surface area contributed by atoms with Gasteiger partial charge in [0.1, 0.15) is 5.82 Å². The quantitative estimate of drug-likeness (QED) is 0.728. The topological polar surface area (TPSA) is 12.0 Å². The van der Waals surface area contributed by atoms with E-state index in [2.05, 4.69) is 25.2 Å². The maximum atomic E-state index is 14.0. The third-order valence-electron chi connectivity index (χ3n) is 4.08. The summed E-state index contributed by atoms with van der Waals surface area (Å²) in [6, 6.07) is 10.6. The first kappa shape index (κ1) is 14.7. The van der Waals surface area contributed by atoms with E-state index in [1.54, 1.807) is 12.1 Å². The lowest BCUT2D eigenvalue weighted by Crippen LogP contribution is -2.24. The van der Waals surface area contributed by atoms with E-state index in [1.165, 1.54) is 11.6 Å². The molecule has 1 aliphatic carbocycles. The zero-order valence-corrected chi connectivity index (χ0v) is 13.4. The number of benzene rings is 2. The van der Waals surface area contributed by atoms with Crippen LogP contribution < -0.4 is 5.32 Å². The Morgan fingerprint density at radius 2 is 1.76 bits per heavy atom. The van der Waals surface area contributed by atoms with Crippen LogP contribution >= 0.6 is 23.2 Å². The lowest BCUT2D eigenvalue weighted by molar-refractivity contribution is 0.336. The van der Waals surface area contributed by atoms with Crippen molar-refractivity contribution in [2.24, 2.45) is 5.41 Å². The molecule has 0 aliphatic heterocycles. The molecule has 0 amide bonds. The van der Waals surface area contributed by atoms with Crippen molar-refractivity contribution in [1.29, 1.82) is 0 Å². The van der Waals surface area contributed by atoms with Crippen molar-refractivity contribution in [1.82, 2.24) is 0 Å². The van der Waals surface area contributed by atoms with E-state index in [1.807, 2.05) is 12.1 Å². The van der Waals surface area contributed by atoms with Crippen molar-refractivity contribution in [3.63, 3.8) is 0 Å². The van der Waals surface area contributed by atoms with Crippen LogP contribution in [0.1, 0.15) is 31.0 Å². The number of nitrogens with one attached hydrogen (secondary N) is 1. The van der Waals surface area contributed by atoms with Crippen LogP contribution in [0.3, 0.4) is 0 Å². The van der Waals surface area contributed by atoms with Gasteiger partial charge in [-0.1, -0.05) is 43.1 Å². The first-order valence-corrected chi connectivity index (χ1v) is 7.62. The van der Waals surface area contributed by atoms with Gasteiger partial charge in [-0.15, -0.1) is 0 Å². The largest absolute Gasteiger partial charge is 0.375 e. The maximum absolute atomic E-state index is 14.0. The Labute approximate surface area is 134 Å². The summed E-state index contributed by atoms with van der Waals surface area (Å²) in [6.07, 6.45) is 0.937. The van der Waals surface area contributed by atoms with E-state index in [0.717, 1.165) is 12.0 Å². The average Bonchev–Trinajstić information content (AvgIpc) is 2.63. The fourth-order valence-electron chi connectivity index (χ4n) is 3.04. The molecular weight excluding hydrogens is 308 g/mol. The molecule has 0 fully saturated rings. The fourth-order valence-corrected chi connectivity index (χ4v) is 3.38. The number of fused-ring (bicyclic) bond motifs is 1. The number of halogens is 3. The van der Waals surface area contributed by atoms with Crippen molar-refractivity contribution in [2.45, 2.75) is 26.3 Å². The molecule has 0 saturated carbocycles. The Hall–Kier alpha value is -1.25. The number of anilines is 1. The minimum Gasteiger partial charge on any atom is -0.375 e. The third kappa shape index (κ3) is 2.75. The summed E-state index contributed by atoms with van der Waals surface area (Å²) in [6.45, 7) is 4.35. The van der Waals surface area contributed by atoms with Gasteiger partial charge in [0.05, 0.1) is 11.7 Å². The molecule has 1 aliphatic rings. The molecule has 1 unspecified atom stereocenters. The smallest absolute Gasteiger partial charge is 0.147 e. The Balaban J connectivity index is 1.99. The normalized spacial score (nSPS) is 19.4. The van der Waals surface area contributed by atoms with E-state index in [0.29, 0.717) is 15.7 Å². The fraction of sp³-hybridized carbons (Fsp3) is 0.294. The SMILES string of the molecule is CC1(C)Cc2ccc(Cl)cc2C1Nc1ccc(Cl)cc1F. The van der Waals surface area contributed by atoms with E-state index >= 15 is 0 Å². The van der Waals surface area contributed by atoms with Crippen molar-refractivity contribution in [3.8, 4) is 0 Å². The molecule has 1 atom stereocenters. The van der Waals surface area contributed by atoms with Crippen molar-refractivity contribution >= 4 is 28.9 Å². The van der Waals surface area contributed by atoms with Crippen LogP contribution in [0.4, 0.5) is 10.1 Å². The van der Waals surface area contributed by atoms with Crippen molar-refractivity contribution in [3.05, 3.63) is 63.4 Å². The molecule has 0 bridgehead atoms. The molecule has 0 heterocycles. The standard InChI is InChI=1S/C17H16Cl2FN/c1-17(2)9-10-3-4-11(18)7-13(10)16(17)21-15-6-5-12(19)8-14(15)20/h3-8,16,21H,9H2,1-2H3. The van der Waals surface area contributed by atoms with Crippen LogP contribution in [0.2, 0.25) is 10.0 Å². The highest BCUT2D eigenvalue weighted by Gasteiger charge is 2.39. The predicted octanol–water partition coefficient (Wildman–Crippen LogP) is 5.87. The van der Waals surface area contributed by atoms with Crippen LogP contribution in [-0.4, -0.2) is 0 Å². The van der Waals surface area contributed by atoms with Gasteiger partial charge in [0.2, 0.25) is 0 Å².